The lowest BCUT2D eigenvalue weighted by atomic mass is 10.0. The SMILES string of the molecule is Cc1ccc(SC2C(=CCl)CSc3ccc(C)cc32)cc1. The highest BCUT2D eigenvalue weighted by Crippen LogP contribution is 2.49. The van der Waals surface area contributed by atoms with E-state index in [0.29, 0.717) is 5.25 Å². The zero-order chi connectivity index (χ0) is 14.8. The largest absolute Gasteiger partial charge is 0.121 e. The zero-order valence-corrected chi connectivity index (χ0v) is 14.5. The zero-order valence-electron chi connectivity index (χ0n) is 12.1. The number of hydrogen-bond acceptors (Lipinski definition) is 2. The Labute approximate surface area is 140 Å². The molecule has 2 aromatic carbocycles. The second-order valence-corrected chi connectivity index (χ2v) is 7.74. The van der Waals surface area contributed by atoms with Crippen molar-refractivity contribution in [2.45, 2.75) is 28.9 Å². The van der Waals surface area contributed by atoms with E-state index < -0.39 is 0 Å². The average Bonchev–Trinajstić information content (AvgIpc) is 2.50. The van der Waals surface area contributed by atoms with Crippen LogP contribution in [0.3, 0.4) is 0 Å². The molecule has 0 N–H and O–H groups in total. The number of benzene rings is 2. The van der Waals surface area contributed by atoms with Gasteiger partial charge in [-0.05, 0) is 43.2 Å². The molecule has 108 valence electrons. The second-order valence-electron chi connectivity index (χ2n) is 5.32. The van der Waals surface area contributed by atoms with E-state index in [2.05, 4.69) is 56.3 Å². The van der Waals surface area contributed by atoms with Gasteiger partial charge in [0.25, 0.3) is 0 Å². The molecule has 2 aromatic rings. The molecule has 0 amide bonds. The molecule has 0 saturated heterocycles. The first-order valence-corrected chi connectivity index (χ1v) is 9.23. The van der Waals surface area contributed by atoms with Gasteiger partial charge in [0, 0.05) is 21.1 Å². The normalized spacial score (nSPS) is 19.6. The van der Waals surface area contributed by atoms with Crippen LogP contribution in [0.4, 0.5) is 0 Å². The molecule has 3 rings (SSSR count). The van der Waals surface area contributed by atoms with Crippen molar-refractivity contribution >= 4 is 35.1 Å². The number of rotatable bonds is 2. The fourth-order valence-electron chi connectivity index (χ4n) is 2.42. The maximum absolute atomic E-state index is 6.08. The summed E-state index contributed by atoms with van der Waals surface area (Å²) in [7, 11) is 0. The molecule has 0 spiro atoms. The minimum absolute atomic E-state index is 0.321. The summed E-state index contributed by atoms with van der Waals surface area (Å²) in [5.74, 6) is 0.975. The van der Waals surface area contributed by atoms with Crippen molar-refractivity contribution in [1.29, 1.82) is 0 Å². The topological polar surface area (TPSA) is 0 Å². The lowest BCUT2D eigenvalue weighted by molar-refractivity contribution is 1.04. The number of thioether (sulfide) groups is 2. The average molecular weight is 333 g/mol. The summed E-state index contributed by atoms with van der Waals surface area (Å²) in [6.45, 7) is 4.27. The van der Waals surface area contributed by atoms with Crippen molar-refractivity contribution < 1.29 is 0 Å². The maximum atomic E-state index is 6.08. The summed E-state index contributed by atoms with van der Waals surface area (Å²) in [4.78, 5) is 2.67. The predicted molar refractivity (Wildman–Crippen MR) is 95.6 cm³/mol. The smallest absolute Gasteiger partial charge is 0.0584 e. The number of hydrogen-bond donors (Lipinski definition) is 0. The molecule has 3 heteroatoms. The summed E-state index contributed by atoms with van der Waals surface area (Å²) in [6.07, 6.45) is 0. The van der Waals surface area contributed by atoms with Gasteiger partial charge >= 0.3 is 0 Å². The van der Waals surface area contributed by atoms with Gasteiger partial charge in [0.1, 0.15) is 0 Å². The molecule has 1 heterocycles. The summed E-state index contributed by atoms with van der Waals surface area (Å²) >= 11 is 9.86. The highest BCUT2D eigenvalue weighted by atomic mass is 35.5. The van der Waals surface area contributed by atoms with Crippen molar-refractivity contribution in [3.63, 3.8) is 0 Å². The molecule has 0 aliphatic carbocycles. The lowest BCUT2D eigenvalue weighted by Gasteiger charge is -2.27. The highest BCUT2D eigenvalue weighted by molar-refractivity contribution is 8.01. The fourth-order valence-corrected chi connectivity index (χ4v) is 5.24. The number of fused-ring (bicyclic) bond motifs is 1. The Bertz CT molecular complexity index is 674. The van der Waals surface area contributed by atoms with Crippen LogP contribution in [-0.2, 0) is 0 Å². The highest BCUT2D eigenvalue weighted by Gasteiger charge is 2.26. The Morgan fingerprint density at radius 3 is 2.52 bits per heavy atom. The first-order valence-electron chi connectivity index (χ1n) is 6.93. The monoisotopic (exact) mass is 332 g/mol. The van der Waals surface area contributed by atoms with E-state index >= 15 is 0 Å². The van der Waals surface area contributed by atoms with E-state index in [1.54, 1.807) is 5.54 Å². The van der Waals surface area contributed by atoms with E-state index in [0.717, 1.165) is 5.75 Å². The minimum atomic E-state index is 0.321. The van der Waals surface area contributed by atoms with E-state index in [-0.39, 0.29) is 0 Å². The lowest BCUT2D eigenvalue weighted by Crippen LogP contribution is -2.08. The van der Waals surface area contributed by atoms with Crippen LogP contribution in [0.5, 0.6) is 0 Å². The first-order chi connectivity index (χ1) is 10.2. The molecular formula is C18H17ClS2. The molecule has 1 aliphatic heterocycles. The third-order valence-corrected chi connectivity index (χ3v) is 6.37. The van der Waals surface area contributed by atoms with Gasteiger partial charge in [-0.25, -0.2) is 0 Å². The molecule has 0 radical (unpaired) electrons. The Kier molecular flexibility index (Phi) is 4.68. The van der Waals surface area contributed by atoms with Crippen LogP contribution < -0.4 is 0 Å². The quantitative estimate of drug-likeness (QED) is 0.627. The molecule has 1 atom stereocenters. The van der Waals surface area contributed by atoms with Crippen LogP contribution in [0.1, 0.15) is 21.9 Å². The van der Waals surface area contributed by atoms with Gasteiger partial charge in [0.05, 0.1) is 5.25 Å². The molecule has 0 bridgehead atoms. The molecule has 0 saturated carbocycles. The summed E-state index contributed by atoms with van der Waals surface area (Å²) in [6, 6.07) is 15.5. The second kappa shape index (κ2) is 6.51. The van der Waals surface area contributed by atoms with E-state index in [9.17, 15) is 0 Å². The van der Waals surface area contributed by atoms with Crippen molar-refractivity contribution in [2.24, 2.45) is 0 Å². The molecule has 1 aliphatic rings. The fraction of sp³-hybridized carbons (Fsp3) is 0.222. The molecule has 0 aromatic heterocycles. The van der Waals surface area contributed by atoms with E-state index in [1.165, 1.54) is 32.1 Å². The van der Waals surface area contributed by atoms with Gasteiger partial charge in [-0.15, -0.1) is 23.5 Å². The van der Waals surface area contributed by atoms with Crippen LogP contribution in [0.25, 0.3) is 0 Å². The van der Waals surface area contributed by atoms with Crippen LogP contribution in [0.15, 0.2) is 63.4 Å². The van der Waals surface area contributed by atoms with Gasteiger partial charge in [0.2, 0.25) is 0 Å². The molecule has 1 unspecified atom stereocenters. The Hall–Kier alpha value is -0.830. The third-order valence-electron chi connectivity index (χ3n) is 3.59. The van der Waals surface area contributed by atoms with E-state index in [1.807, 2.05) is 23.5 Å². The predicted octanol–water partition coefficient (Wildman–Crippen LogP) is 6.37. The van der Waals surface area contributed by atoms with Gasteiger partial charge < -0.3 is 0 Å². The Morgan fingerprint density at radius 1 is 1.10 bits per heavy atom. The third kappa shape index (κ3) is 3.33. The van der Waals surface area contributed by atoms with Crippen molar-refractivity contribution in [2.75, 3.05) is 5.75 Å². The molecular weight excluding hydrogens is 316 g/mol. The Balaban J connectivity index is 1.98. The standard InChI is InChI=1S/C18H17ClS2/c1-12-3-6-15(7-4-12)21-18-14(10-19)11-20-17-8-5-13(2)9-16(17)18/h3-10,18H,11H2,1-2H3. The number of aryl methyl sites for hydroxylation is 2. The molecule has 0 fully saturated rings. The summed E-state index contributed by atoms with van der Waals surface area (Å²) < 4.78 is 0. The molecule has 21 heavy (non-hydrogen) atoms. The first kappa shape index (κ1) is 15.1. The minimum Gasteiger partial charge on any atom is -0.121 e. The van der Waals surface area contributed by atoms with Crippen LogP contribution in [0, 0.1) is 13.8 Å². The van der Waals surface area contributed by atoms with Gasteiger partial charge in [0.15, 0.2) is 0 Å². The maximum Gasteiger partial charge on any atom is 0.0584 e. The Morgan fingerprint density at radius 2 is 1.81 bits per heavy atom. The van der Waals surface area contributed by atoms with Crippen molar-refractivity contribution in [3.8, 4) is 0 Å². The summed E-state index contributed by atoms with van der Waals surface area (Å²) in [5.41, 5.74) is 7.06. The number of halogens is 1. The summed E-state index contributed by atoms with van der Waals surface area (Å²) in [5, 5.41) is 0.321. The van der Waals surface area contributed by atoms with Crippen molar-refractivity contribution in [3.05, 3.63) is 70.3 Å². The van der Waals surface area contributed by atoms with Gasteiger partial charge in [-0.2, -0.15) is 0 Å². The van der Waals surface area contributed by atoms with Crippen LogP contribution >= 0.6 is 35.1 Å². The molecule has 0 nitrogen and oxygen atoms in total. The van der Waals surface area contributed by atoms with Crippen LogP contribution in [0.2, 0.25) is 0 Å². The van der Waals surface area contributed by atoms with Crippen LogP contribution in [-0.4, -0.2) is 5.75 Å². The van der Waals surface area contributed by atoms with Crippen molar-refractivity contribution in [1.82, 2.24) is 0 Å². The van der Waals surface area contributed by atoms with E-state index in [4.69, 9.17) is 11.6 Å². The van der Waals surface area contributed by atoms with Gasteiger partial charge in [-0.1, -0.05) is 47.0 Å². The van der Waals surface area contributed by atoms with Gasteiger partial charge in [-0.3, -0.25) is 0 Å².